The van der Waals surface area contributed by atoms with E-state index in [9.17, 15) is 8.42 Å². The summed E-state index contributed by atoms with van der Waals surface area (Å²) >= 11 is 0. The molecule has 0 spiro atoms. The number of imidazole rings is 1. The third-order valence-electron chi connectivity index (χ3n) is 3.82. The first-order valence-corrected chi connectivity index (χ1v) is 9.04. The number of benzene rings is 2. The Bertz CT molecular complexity index is 937. The summed E-state index contributed by atoms with van der Waals surface area (Å²) in [7, 11) is -3.63. The minimum atomic E-state index is -3.63. The zero-order chi connectivity index (χ0) is 17.3. The van der Waals surface area contributed by atoms with Gasteiger partial charge in [-0.3, -0.25) is 4.72 Å². The molecule has 24 heavy (non-hydrogen) atoms. The van der Waals surface area contributed by atoms with Crippen LogP contribution >= 0.6 is 0 Å². The molecular formula is C18H19N3O2S. The molecule has 2 aromatic carbocycles. The summed E-state index contributed by atoms with van der Waals surface area (Å²) in [5.74, 6) is 0. The highest BCUT2D eigenvalue weighted by Crippen LogP contribution is 2.25. The molecule has 2 N–H and O–H groups in total. The highest BCUT2D eigenvalue weighted by molar-refractivity contribution is 7.92. The van der Waals surface area contributed by atoms with Crippen molar-refractivity contribution in [3.63, 3.8) is 0 Å². The molecule has 0 aliphatic carbocycles. The average Bonchev–Trinajstić information content (AvgIpc) is 3.00. The van der Waals surface area contributed by atoms with E-state index in [4.69, 9.17) is 0 Å². The molecule has 3 aromatic rings. The van der Waals surface area contributed by atoms with Crippen LogP contribution < -0.4 is 4.72 Å². The maximum absolute atomic E-state index is 12.7. The van der Waals surface area contributed by atoms with Gasteiger partial charge >= 0.3 is 0 Å². The first-order valence-electron chi connectivity index (χ1n) is 7.56. The molecule has 0 saturated carbocycles. The number of aromatic nitrogens is 2. The standard InChI is InChI=1S/C18H19N3O2S/c1-12-8-13(2)18(14(3)9-12)24(22,23)21-16-6-4-15(5-7-16)17-10-19-11-20-17/h4-11,21H,1-3H3,(H,19,20). The number of H-pyrrole nitrogens is 1. The number of anilines is 1. The van der Waals surface area contributed by atoms with Crippen molar-refractivity contribution >= 4 is 15.7 Å². The molecule has 0 aliphatic rings. The van der Waals surface area contributed by atoms with Crippen molar-refractivity contribution in [1.29, 1.82) is 0 Å². The predicted octanol–water partition coefficient (Wildman–Crippen LogP) is 3.80. The van der Waals surface area contributed by atoms with E-state index in [-0.39, 0.29) is 0 Å². The third-order valence-corrected chi connectivity index (χ3v) is 5.51. The van der Waals surface area contributed by atoms with Crippen molar-refractivity contribution in [1.82, 2.24) is 9.97 Å². The first kappa shape index (κ1) is 16.3. The fourth-order valence-corrected chi connectivity index (χ4v) is 4.44. The lowest BCUT2D eigenvalue weighted by molar-refractivity contribution is 0.600. The van der Waals surface area contributed by atoms with Gasteiger partial charge in [-0.15, -0.1) is 0 Å². The summed E-state index contributed by atoms with van der Waals surface area (Å²) in [6.45, 7) is 5.59. The quantitative estimate of drug-likeness (QED) is 0.758. The fourth-order valence-electron chi connectivity index (χ4n) is 2.93. The van der Waals surface area contributed by atoms with Crippen LogP contribution in [0.2, 0.25) is 0 Å². The molecule has 0 fully saturated rings. The maximum atomic E-state index is 12.7. The number of hydrogen-bond donors (Lipinski definition) is 2. The van der Waals surface area contributed by atoms with Crippen molar-refractivity contribution in [2.45, 2.75) is 25.7 Å². The Labute approximate surface area is 141 Å². The second kappa shape index (κ2) is 6.13. The van der Waals surface area contributed by atoms with Gasteiger partial charge in [0.25, 0.3) is 10.0 Å². The van der Waals surface area contributed by atoms with E-state index in [1.165, 1.54) is 0 Å². The van der Waals surface area contributed by atoms with Gasteiger partial charge in [0.05, 0.1) is 23.1 Å². The summed E-state index contributed by atoms with van der Waals surface area (Å²) in [6.07, 6.45) is 3.33. The Hall–Kier alpha value is -2.60. The van der Waals surface area contributed by atoms with Crippen LogP contribution in [0, 0.1) is 20.8 Å². The molecule has 0 aliphatic heterocycles. The maximum Gasteiger partial charge on any atom is 0.262 e. The van der Waals surface area contributed by atoms with Crippen LogP contribution in [0.15, 0.2) is 53.8 Å². The van der Waals surface area contributed by atoms with Gasteiger partial charge in [0.1, 0.15) is 0 Å². The summed E-state index contributed by atoms with van der Waals surface area (Å²) in [6, 6.07) is 10.9. The molecule has 3 rings (SSSR count). The van der Waals surface area contributed by atoms with Gasteiger partial charge in [0.2, 0.25) is 0 Å². The van der Waals surface area contributed by atoms with Gasteiger partial charge in [0.15, 0.2) is 0 Å². The lowest BCUT2D eigenvalue weighted by Gasteiger charge is -2.14. The van der Waals surface area contributed by atoms with Gasteiger partial charge in [0, 0.05) is 5.69 Å². The molecular weight excluding hydrogens is 322 g/mol. The van der Waals surface area contributed by atoms with Gasteiger partial charge in [-0.2, -0.15) is 0 Å². The largest absolute Gasteiger partial charge is 0.345 e. The van der Waals surface area contributed by atoms with Crippen LogP contribution in [-0.4, -0.2) is 18.4 Å². The van der Waals surface area contributed by atoms with E-state index >= 15 is 0 Å². The highest BCUT2D eigenvalue weighted by atomic mass is 32.2. The van der Waals surface area contributed by atoms with Gasteiger partial charge in [-0.05, 0) is 49.6 Å². The van der Waals surface area contributed by atoms with E-state index in [1.807, 2.05) is 45.0 Å². The predicted molar refractivity (Wildman–Crippen MR) is 95.5 cm³/mol. The Morgan fingerprint density at radius 3 is 2.17 bits per heavy atom. The number of rotatable bonds is 4. The van der Waals surface area contributed by atoms with E-state index in [0.717, 1.165) is 27.9 Å². The second-order valence-electron chi connectivity index (χ2n) is 5.88. The van der Waals surface area contributed by atoms with Gasteiger partial charge in [-0.25, -0.2) is 13.4 Å². The van der Waals surface area contributed by atoms with E-state index < -0.39 is 10.0 Å². The monoisotopic (exact) mass is 341 g/mol. The number of hydrogen-bond acceptors (Lipinski definition) is 3. The minimum Gasteiger partial charge on any atom is -0.345 e. The lowest BCUT2D eigenvalue weighted by atomic mass is 10.1. The Morgan fingerprint density at radius 1 is 1.00 bits per heavy atom. The molecule has 124 valence electrons. The van der Waals surface area contributed by atoms with Crippen molar-refractivity contribution in [2.75, 3.05) is 4.72 Å². The van der Waals surface area contributed by atoms with Crippen LogP contribution in [0.25, 0.3) is 11.3 Å². The van der Waals surface area contributed by atoms with Crippen LogP contribution in [0.3, 0.4) is 0 Å². The van der Waals surface area contributed by atoms with Crippen LogP contribution in [0.1, 0.15) is 16.7 Å². The van der Waals surface area contributed by atoms with E-state index in [0.29, 0.717) is 10.6 Å². The molecule has 1 heterocycles. The van der Waals surface area contributed by atoms with Crippen molar-refractivity contribution < 1.29 is 8.42 Å². The molecule has 0 atom stereocenters. The molecule has 0 bridgehead atoms. The smallest absolute Gasteiger partial charge is 0.262 e. The number of aryl methyl sites for hydroxylation is 3. The van der Waals surface area contributed by atoms with Crippen LogP contribution in [0.5, 0.6) is 0 Å². The molecule has 0 radical (unpaired) electrons. The Balaban J connectivity index is 1.90. The van der Waals surface area contributed by atoms with Gasteiger partial charge in [-0.1, -0.05) is 29.8 Å². The number of nitrogens with one attached hydrogen (secondary N) is 2. The summed E-state index contributed by atoms with van der Waals surface area (Å²) in [5.41, 5.74) is 4.89. The van der Waals surface area contributed by atoms with Crippen molar-refractivity contribution in [2.24, 2.45) is 0 Å². The Kier molecular flexibility index (Phi) is 4.15. The Morgan fingerprint density at radius 2 is 1.62 bits per heavy atom. The average molecular weight is 341 g/mol. The molecule has 0 amide bonds. The minimum absolute atomic E-state index is 0.339. The normalized spacial score (nSPS) is 11.5. The zero-order valence-electron chi connectivity index (χ0n) is 13.8. The highest BCUT2D eigenvalue weighted by Gasteiger charge is 2.20. The van der Waals surface area contributed by atoms with E-state index in [2.05, 4.69) is 14.7 Å². The second-order valence-corrected chi connectivity index (χ2v) is 7.50. The molecule has 6 heteroatoms. The molecule has 5 nitrogen and oxygen atoms in total. The fraction of sp³-hybridized carbons (Fsp3) is 0.167. The topological polar surface area (TPSA) is 74.8 Å². The van der Waals surface area contributed by atoms with Crippen molar-refractivity contribution in [3.8, 4) is 11.3 Å². The lowest BCUT2D eigenvalue weighted by Crippen LogP contribution is -2.15. The van der Waals surface area contributed by atoms with Crippen LogP contribution in [-0.2, 0) is 10.0 Å². The molecule has 0 saturated heterocycles. The molecule has 0 unspecified atom stereocenters. The van der Waals surface area contributed by atoms with Gasteiger partial charge < -0.3 is 4.98 Å². The third kappa shape index (κ3) is 3.19. The summed E-state index contributed by atoms with van der Waals surface area (Å²) in [5, 5.41) is 0. The summed E-state index contributed by atoms with van der Waals surface area (Å²) < 4.78 is 28.1. The SMILES string of the molecule is Cc1cc(C)c(S(=O)(=O)Nc2ccc(-c3cnc[nH]3)cc2)c(C)c1. The molecule has 1 aromatic heterocycles. The zero-order valence-corrected chi connectivity index (χ0v) is 14.6. The number of nitrogens with zero attached hydrogens (tertiary/aromatic N) is 1. The van der Waals surface area contributed by atoms with Crippen LogP contribution in [0.4, 0.5) is 5.69 Å². The number of aromatic amines is 1. The number of sulfonamides is 1. The van der Waals surface area contributed by atoms with Crippen molar-refractivity contribution in [3.05, 3.63) is 65.6 Å². The summed E-state index contributed by atoms with van der Waals surface area (Å²) in [4.78, 5) is 7.34. The first-order chi connectivity index (χ1) is 11.4. The van der Waals surface area contributed by atoms with E-state index in [1.54, 1.807) is 24.7 Å².